The number of hydrogen-bond acceptors (Lipinski definition) is 4. The smallest absolute Gasteiger partial charge is 0.255 e. The number of carbonyl (C=O) groups excluding carboxylic acids is 1. The highest BCUT2D eigenvalue weighted by Crippen LogP contribution is 2.16. The number of hydrazine groups is 1. The molecule has 0 bridgehead atoms. The largest absolute Gasteiger partial charge is 0.322 e. The van der Waals surface area contributed by atoms with Gasteiger partial charge in [0.1, 0.15) is 11.6 Å². The van der Waals surface area contributed by atoms with Gasteiger partial charge in [-0.3, -0.25) is 4.79 Å². The Kier molecular flexibility index (Phi) is 3.95. The summed E-state index contributed by atoms with van der Waals surface area (Å²) in [6.07, 6.45) is 0. The molecular weight excluding hydrogens is 259 g/mol. The van der Waals surface area contributed by atoms with E-state index in [-0.39, 0.29) is 5.91 Å². The molecule has 4 N–H and O–H groups in total. The number of anilines is 2. The molecule has 1 aromatic carbocycles. The quantitative estimate of drug-likeness (QED) is 0.593. The van der Waals surface area contributed by atoms with Crippen LogP contribution in [0, 0.1) is 19.7 Å². The van der Waals surface area contributed by atoms with Crippen LogP contribution >= 0.6 is 0 Å². The fourth-order valence-corrected chi connectivity index (χ4v) is 1.89. The predicted molar refractivity (Wildman–Crippen MR) is 75.9 cm³/mol. The molecular formula is C14H15FN4O. The van der Waals surface area contributed by atoms with E-state index < -0.39 is 5.82 Å². The van der Waals surface area contributed by atoms with E-state index in [0.29, 0.717) is 22.8 Å². The van der Waals surface area contributed by atoms with Crippen molar-refractivity contribution in [1.29, 1.82) is 0 Å². The molecule has 2 aromatic rings. The Morgan fingerprint density at radius 3 is 2.60 bits per heavy atom. The van der Waals surface area contributed by atoms with Crippen LogP contribution in [0.2, 0.25) is 0 Å². The number of halogens is 1. The van der Waals surface area contributed by atoms with Crippen LogP contribution in [0.15, 0.2) is 30.3 Å². The van der Waals surface area contributed by atoms with E-state index in [2.05, 4.69) is 15.7 Å². The number of pyridine rings is 1. The van der Waals surface area contributed by atoms with Crippen molar-refractivity contribution in [3.63, 3.8) is 0 Å². The minimum atomic E-state index is -0.393. The fourth-order valence-electron chi connectivity index (χ4n) is 1.89. The molecule has 0 saturated heterocycles. The molecule has 2 rings (SSSR count). The van der Waals surface area contributed by atoms with Crippen molar-refractivity contribution >= 4 is 17.4 Å². The summed E-state index contributed by atoms with van der Waals surface area (Å²) in [5, 5.41) is 2.64. The maximum atomic E-state index is 13.3. The lowest BCUT2D eigenvalue weighted by Crippen LogP contribution is -2.15. The normalized spacial score (nSPS) is 10.2. The van der Waals surface area contributed by atoms with Gasteiger partial charge in [-0.25, -0.2) is 15.2 Å². The molecule has 5 nitrogen and oxygen atoms in total. The number of benzene rings is 1. The second kappa shape index (κ2) is 5.66. The molecule has 6 heteroatoms. The summed E-state index contributed by atoms with van der Waals surface area (Å²) in [6.45, 7) is 3.51. The van der Waals surface area contributed by atoms with Gasteiger partial charge in [0, 0.05) is 16.9 Å². The molecule has 0 saturated carbocycles. The summed E-state index contributed by atoms with van der Waals surface area (Å²) in [5.74, 6) is 4.94. The van der Waals surface area contributed by atoms with E-state index in [0.717, 1.165) is 5.56 Å². The first-order valence-corrected chi connectivity index (χ1v) is 6.02. The number of nitrogen functional groups attached to an aromatic ring is 1. The van der Waals surface area contributed by atoms with Gasteiger partial charge in [-0.1, -0.05) is 0 Å². The minimum absolute atomic E-state index is 0.350. The lowest BCUT2D eigenvalue weighted by molar-refractivity contribution is 0.102. The summed E-state index contributed by atoms with van der Waals surface area (Å²) in [7, 11) is 0. The highest BCUT2D eigenvalue weighted by atomic mass is 19.1. The second-order valence-electron chi connectivity index (χ2n) is 4.50. The van der Waals surface area contributed by atoms with Gasteiger partial charge in [-0.05, 0) is 49.7 Å². The molecule has 104 valence electrons. The molecule has 0 unspecified atom stereocenters. The van der Waals surface area contributed by atoms with Crippen molar-refractivity contribution < 1.29 is 9.18 Å². The molecule has 0 aliphatic heterocycles. The molecule has 0 spiro atoms. The maximum absolute atomic E-state index is 13.3. The monoisotopic (exact) mass is 274 g/mol. The molecule has 1 aromatic heterocycles. The van der Waals surface area contributed by atoms with Gasteiger partial charge in [0.15, 0.2) is 0 Å². The third-order valence-electron chi connectivity index (χ3n) is 2.66. The predicted octanol–water partition coefficient (Wildman–Crippen LogP) is 2.38. The standard InChI is InChI=1S/C14H15FN4O/c1-8-3-11(15)7-12(4-8)18-14(20)10-5-9(2)17-13(6-10)19-16/h3-7H,16H2,1-2H3,(H,17,19)(H,18,20). The lowest BCUT2D eigenvalue weighted by atomic mass is 10.2. The van der Waals surface area contributed by atoms with Gasteiger partial charge in [0.05, 0.1) is 0 Å². The summed E-state index contributed by atoms with van der Waals surface area (Å²) in [5.41, 5.74) is 4.58. The van der Waals surface area contributed by atoms with Crippen LogP contribution in [0.1, 0.15) is 21.6 Å². The van der Waals surface area contributed by atoms with E-state index in [1.54, 1.807) is 26.0 Å². The van der Waals surface area contributed by atoms with Gasteiger partial charge in [-0.15, -0.1) is 0 Å². The third kappa shape index (κ3) is 3.30. The number of hydrogen-bond donors (Lipinski definition) is 3. The zero-order valence-corrected chi connectivity index (χ0v) is 11.2. The van der Waals surface area contributed by atoms with Crippen LogP contribution in [0.4, 0.5) is 15.9 Å². The Bertz CT molecular complexity index is 637. The number of nitrogens with one attached hydrogen (secondary N) is 2. The third-order valence-corrected chi connectivity index (χ3v) is 2.66. The summed E-state index contributed by atoms with van der Waals surface area (Å²) in [4.78, 5) is 16.2. The van der Waals surface area contributed by atoms with E-state index in [4.69, 9.17) is 5.84 Å². The van der Waals surface area contributed by atoms with Crippen LogP contribution in [0.5, 0.6) is 0 Å². The number of aromatic nitrogens is 1. The van der Waals surface area contributed by atoms with Crippen molar-refractivity contribution in [3.05, 3.63) is 53.0 Å². The minimum Gasteiger partial charge on any atom is -0.322 e. The van der Waals surface area contributed by atoms with Gasteiger partial charge >= 0.3 is 0 Å². The van der Waals surface area contributed by atoms with Crippen LogP contribution in [0.25, 0.3) is 0 Å². The van der Waals surface area contributed by atoms with Gasteiger partial charge in [0.25, 0.3) is 5.91 Å². The summed E-state index contributed by atoms with van der Waals surface area (Å²) < 4.78 is 13.3. The molecule has 0 aliphatic rings. The van der Waals surface area contributed by atoms with E-state index >= 15 is 0 Å². The topological polar surface area (TPSA) is 80.0 Å². The molecule has 0 fully saturated rings. The van der Waals surface area contributed by atoms with Gasteiger partial charge in [-0.2, -0.15) is 0 Å². The van der Waals surface area contributed by atoms with Gasteiger partial charge in [0.2, 0.25) is 0 Å². The highest BCUT2D eigenvalue weighted by molar-refractivity contribution is 6.04. The zero-order valence-electron chi connectivity index (χ0n) is 11.2. The van der Waals surface area contributed by atoms with Crippen LogP contribution in [-0.2, 0) is 0 Å². The second-order valence-corrected chi connectivity index (χ2v) is 4.50. The Hall–Kier alpha value is -2.47. The van der Waals surface area contributed by atoms with E-state index in [1.807, 2.05) is 0 Å². The average molecular weight is 274 g/mol. The van der Waals surface area contributed by atoms with Crippen molar-refractivity contribution in [1.82, 2.24) is 4.98 Å². The SMILES string of the molecule is Cc1cc(F)cc(NC(=O)c2cc(C)nc(NN)c2)c1. The van der Waals surface area contributed by atoms with Crippen LogP contribution < -0.4 is 16.6 Å². The molecule has 0 atom stereocenters. The van der Waals surface area contributed by atoms with Crippen molar-refractivity contribution in [2.75, 3.05) is 10.7 Å². The molecule has 0 aliphatic carbocycles. The zero-order chi connectivity index (χ0) is 14.7. The van der Waals surface area contributed by atoms with Crippen LogP contribution in [0.3, 0.4) is 0 Å². The first kappa shape index (κ1) is 14.0. The van der Waals surface area contributed by atoms with Crippen molar-refractivity contribution in [3.8, 4) is 0 Å². The molecule has 1 amide bonds. The Morgan fingerprint density at radius 2 is 1.95 bits per heavy atom. The first-order valence-electron chi connectivity index (χ1n) is 6.02. The Balaban J connectivity index is 2.25. The number of aryl methyl sites for hydroxylation is 2. The van der Waals surface area contributed by atoms with E-state index in [1.165, 1.54) is 18.2 Å². The Labute approximate surface area is 116 Å². The number of carbonyl (C=O) groups is 1. The van der Waals surface area contributed by atoms with Crippen molar-refractivity contribution in [2.45, 2.75) is 13.8 Å². The lowest BCUT2D eigenvalue weighted by Gasteiger charge is -2.08. The van der Waals surface area contributed by atoms with Gasteiger partial charge < -0.3 is 10.7 Å². The number of nitrogens with two attached hydrogens (primary N) is 1. The van der Waals surface area contributed by atoms with E-state index in [9.17, 15) is 9.18 Å². The molecule has 1 heterocycles. The number of nitrogens with zero attached hydrogens (tertiary/aromatic N) is 1. The number of amides is 1. The van der Waals surface area contributed by atoms with Crippen molar-refractivity contribution in [2.24, 2.45) is 5.84 Å². The maximum Gasteiger partial charge on any atom is 0.255 e. The fraction of sp³-hybridized carbons (Fsp3) is 0.143. The molecule has 20 heavy (non-hydrogen) atoms. The first-order chi connectivity index (χ1) is 9.47. The Morgan fingerprint density at radius 1 is 1.20 bits per heavy atom. The van der Waals surface area contributed by atoms with Crippen LogP contribution in [-0.4, -0.2) is 10.9 Å². The summed E-state index contributed by atoms with van der Waals surface area (Å²) in [6, 6.07) is 7.50. The average Bonchev–Trinajstić information content (AvgIpc) is 2.36. The number of rotatable bonds is 3. The highest BCUT2D eigenvalue weighted by Gasteiger charge is 2.09. The molecule has 0 radical (unpaired) electrons. The summed E-state index contributed by atoms with van der Waals surface area (Å²) >= 11 is 0.